The lowest BCUT2D eigenvalue weighted by atomic mass is 10.2. The minimum Gasteiger partial charge on any atom is -0.397 e. The van der Waals surface area contributed by atoms with Gasteiger partial charge in [0.2, 0.25) is 5.91 Å². The maximum absolute atomic E-state index is 11.5. The van der Waals surface area contributed by atoms with Gasteiger partial charge in [0.25, 0.3) is 0 Å². The number of β-amino-alcohol motifs (C(OH)–C–C–N with tert-alkyl or cyclic N) is 1. The molecule has 1 amide bonds. The third-order valence-corrected chi connectivity index (χ3v) is 2.88. The lowest BCUT2D eigenvalue weighted by Crippen LogP contribution is -2.26. The summed E-state index contributed by atoms with van der Waals surface area (Å²) in [5.74, 6) is -0.0905. The second-order valence-corrected chi connectivity index (χ2v) is 4.48. The van der Waals surface area contributed by atoms with Crippen LogP contribution in [0.4, 0.5) is 11.4 Å². The summed E-state index contributed by atoms with van der Waals surface area (Å²) in [6.07, 6.45) is -0.415. The van der Waals surface area contributed by atoms with E-state index in [9.17, 15) is 9.90 Å². The third-order valence-electron chi connectivity index (χ3n) is 2.39. The van der Waals surface area contributed by atoms with Crippen LogP contribution in [0.15, 0.2) is 22.7 Å². The van der Waals surface area contributed by atoms with Crippen LogP contribution in [0.3, 0.4) is 0 Å². The smallest absolute Gasteiger partial charge is 0.229 e. The number of carbonyl (C=O) groups excluding carboxylic acids is 1. The van der Waals surface area contributed by atoms with Crippen molar-refractivity contribution in [2.24, 2.45) is 0 Å². The van der Waals surface area contributed by atoms with Gasteiger partial charge in [-0.1, -0.05) is 15.9 Å². The number of aliphatic hydroxyl groups excluding tert-OH is 1. The van der Waals surface area contributed by atoms with Gasteiger partial charge >= 0.3 is 0 Å². The zero-order valence-corrected chi connectivity index (χ0v) is 9.57. The summed E-state index contributed by atoms with van der Waals surface area (Å²) in [5.41, 5.74) is 6.98. The van der Waals surface area contributed by atoms with Crippen molar-refractivity contribution < 1.29 is 9.90 Å². The highest BCUT2D eigenvalue weighted by Gasteiger charge is 2.30. The molecule has 1 aromatic rings. The minimum atomic E-state index is -0.587. The number of aliphatic hydroxyl groups is 1. The van der Waals surface area contributed by atoms with Gasteiger partial charge in [-0.15, -0.1) is 0 Å². The number of rotatable bonds is 1. The van der Waals surface area contributed by atoms with Crippen molar-refractivity contribution in [3.63, 3.8) is 0 Å². The highest BCUT2D eigenvalue weighted by atomic mass is 79.9. The monoisotopic (exact) mass is 270 g/mol. The molecule has 5 heteroatoms. The van der Waals surface area contributed by atoms with E-state index < -0.39 is 6.10 Å². The van der Waals surface area contributed by atoms with Crippen LogP contribution in [0, 0.1) is 0 Å². The topological polar surface area (TPSA) is 66.6 Å². The van der Waals surface area contributed by atoms with Gasteiger partial charge in [0.05, 0.1) is 30.4 Å². The summed E-state index contributed by atoms with van der Waals surface area (Å²) in [6.45, 7) is 0.319. The summed E-state index contributed by atoms with van der Waals surface area (Å²) in [4.78, 5) is 13.1. The molecular formula is C10H11BrN2O2. The number of anilines is 2. The molecule has 0 saturated carbocycles. The highest BCUT2D eigenvalue weighted by Crippen LogP contribution is 2.30. The molecule has 1 aromatic carbocycles. The van der Waals surface area contributed by atoms with Crippen LogP contribution in [-0.2, 0) is 4.79 Å². The fourth-order valence-corrected chi connectivity index (χ4v) is 2.02. The van der Waals surface area contributed by atoms with E-state index in [1.807, 2.05) is 6.07 Å². The third kappa shape index (κ3) is 1.98. The van der Waals surface area contributed by atoms with Gasteiger partial charge in [-0.05, 0) is 18.2 Å². The molecule has 1 aliphatic heterocycles. The SMILES string of the molecule is Nc1ccc(Br)cc1N1CC(O)CC1=O. The van der Waals surface area contributed by atoms with Crippen LogP contribution in [0.25, 0.3) is 0 Å². The molecule has 0 spiro atoms. The number of nitrogens with zero attached hydrogens (tertiary/aromatic N) is 1. The van der Waals surface area contributed by atoms with E-state index in [1.54, 1.807) is 12.1 Å². The standard InChI is InChI=1S/C10H11BrN2O2/c11-6-1-2-8(12)9(3-6)13-5-7(14)4-10(13)15/h1-3,7,14H,4-5,12H2. The number of halogens is 1. The second kappa shape index (κ2) is 3.83. The van der Waals surface area contributed by atoms with E-state index in [0.717, 1.165) is 4.47 Å². The van der Waals surface area contributed by atoms with Crippen LogP contribution in [0.1, 0.15) is 6.42 Å². The summed E-state index contributed by atoms with van der Waals surface area (Å²) in [5, 5.41) is 9.38. The zero-order chi connectivity index (χ0) is 11.0. The number of amides is 1. The van der Waals surface area contributed by atoms with Crippen LogP contribution in [-0.4, -0.2) is 23.7 Å². The molecule has 1 aliphatic rings. The predicted molar refractivity (Wildman–Crippen MR) is 61.5 cm³/mol. The predicted octanol–water partition coefficient (Wildman–Crippen LogP) is 1.13. The van der Waals surface area contributed by atoms with Crippen molar-refractivity contribution in [2.45, 2.75) is 12.5 Å². The summed E-state index contributed by atoms with van der Waals surface area (Å²) in [7, 11) is 0. The van der Waals surface area contributed by atoms with Crippen molar-refractivity contribution in [1.29, 1.82) is 0 Å². The van der Waals surface area contributed by atoms with Crippen molar-refractivity contribution in [2.75, 3.05) is 17.2 Å². The molecule has 1 unspecified atom stereocenters. The Morgan fingerprint density at radius 3 is 2.87 bits per heavy atom. The van der Waals surface area contributed by atoms with Gasteiger partial charge in [-0.3, -0.25) is 4.79 Å². The number of nitrogen functional groups attached to an aromatic ring is 1. The van der Waals surface area contributed by atoms with Crippen molar-refractivity contribution in [1.82, 2.24) is 0 Å². The van der Waals surface area contributed by atoms with Crippen molar-refractivity contribution >= 4 is 33.2 Å². The van der Waals surface area contributed by atoms with Crippen LogP contribution in [0.2, 0.25) is 0 Å². The Bertz CT molecular complexity index is 408. The molecule has 1 atom stereocenters. The molecule has 80 valence electrons. The molecular weight excluding hydrogens is 260 g/mol. The Morgan fingerprint density at radius 2 is 2.27 bits per heavy atom. The first-order valence-corrected chi connectivity index (χ1v) is 5.40. The Hall–Kier alpha value is -1.07. The maximum Gasteiger partial charge on any atom is 0.229 e. The average molecular weight is 271 g/mol. The van der Waals surface area contributed by atoms with E-state index in [1.165, 1.54) is 4.90 Å². The maximum atomic E-state index is 11.5. The van der Waals surface area contributed by atoms with Crippen LogP contribution >= 0.6 is 15.9 Å². The Labute approximate surface area is 95.8 Å². The lowest BCUT2D eigenvalue weighted by molar-refractivity contribution is -0.117. The fraction of sp³-hybridized carbons (Fsp3) is 0.300. The van der Waals surface area contributed by atoms with Crippen LogP contribution < -0.4 is 10.6 Å². The van der Waals surface area contributed by atoms with E-state index in [4.69, 9.17) is 5.73 Å². The second-order valence-electron chi connectivity index (χ2n) is 3.57. The van der Waals surface area contributed by atoms with Gasteiger partial charge in [0.15, 0.2) is 0 Å². The van der Waals surface area contributed by atoms with E-state index in [-0.39, 0.29) is 12.3 Å². The molecule has 0 aliphatic carbocycles. The number of carbonyl (C=O) groups is 1. The Balaban J connectivity index is 2.37. The van der Waals surface area contributed by atoms with Crippen molar-refractivity contribution in [3.05, 3.63) is 22.7 Å². The normalized spacial score (nSPS) is 21.1. The quantitative estimate of drug-likeness (QED) is 0.752. The Kier molecular flexibility index (Phi) is 2.67. The average Bonchev–Trinajstić information content (AvgIpc) is 2.50. The molecule has 0 aromatic heterocycles. The van der Waals surface area contributed by atoms with Gasteiger partial charge < -0.3 is 15.7 Å². The van der Waals surface area contributed by atoms with Gasteiger partial charge in [-0.2, -0.15) is 0 Å². The number of nitrogens with two attached hydrogens (primary N) is 1. The highest BCUT2D eigenvalue weighted by molar-refractivity contribution is 9.10. The minimum absolute atomic E-state index is 0.0905. The molecule has 2 rings (SSSR count). The van der Waals surface area contributed by atoms with E-state index in [0.29, 0.717) is 17.9 Å². The number of benzene rings is 1. The molecule has 1 saturated heterocycles. The van der Waals surface area contributed by atoms with Crippen molar-refractivity contribution in [3.8, 4) is 0 Å². The first-order chi connectivity index (χ1) is 7.08. The van der Waals surface area contributed by atoms with Gasteiger partial charge in [0, 0.05) is 4.47 Å². The van der Waals surface area contributed by atoms with E-state index in [2.05, 4.69) is 15.9 Å². The van der Waals surface area contributed by atoms with E-state index >= 15 is 0 Å². The largest absolute Gasteiger partial charge is 0.397 e. The number of hydrogen-bond donors (Lipinski definition) is 2. The summed E-state index contributed by atoms with van der Waals surface area (Å²) in [6, 6.07) is 5.33. The fourth-order valence-electron chi connectivity index (χ4n) is 1.67. The molecule has 3 N–H and O–H groups in total. The molecule has 15 heavy (non-hydrogen) atoms. The first-order valence-electron chi connectivity index (χ1n) is 4.61. The molecule has 1 fully saturated rings. The molecule has 4 nitrogen and oxygen atoms in total. The van der Waals surface area contributed by atoms with Crippen LogP contribution in [0.5, 0.6) is 0 Å². The first kappa shape index (κ1) is 10.4. The molecule has 0 bridgehead atoms. The summed E-state index contributed by atoms with van der Waals surface area (Å²) < 4.78 is 0.862. The van der Waals surface area contributed by atoms with Gasteiger partial charge in [-0.25, -0.2) is 0 Å². The summed E-state index contributed by atoms with van der Waals surface area (Å²) >= 11 is 3.32. The number of hydrogen-bond acceptors (Lipinski definition) is 3. The molecule has 0 radical (unpaired) electrons. The molecule has 1 heterocycles. The zero-order valence-electron chi connectivity index (χ0n) is 7.98. The van der Waals surface area contributed by atoms with Gasteiger partial charge in [0.1, 0.15) is 0 Å². The lowest BCUT2D eigenvalue weighted by Gasteiger charge is -2.18. The Morgan fingerprint density at radius 1 is 1.53 bits per heavy atom.